The van der Waals surface area contributed by atoms with Gasteiger partial charge in [-0.3, -0.25) is 24.4 Å². The lowest BCUT2D eigenvalue weighted by atomic mass is 10.0. The smallest absolute Gasteiger partial charge is 0.256 e. The van der Waals surface area contributed by atoms with Gasteiger partial charge >= 0.3 is 0 Å². The Morgan fingerprint density at radius 1 is 1.40 bits per heavy atom. The molecule has 0 saturated carbocycles. The number of nitrogens with one attached hydrogen (secondary N) is 2. The van der Waals surface area contributed by atoms with Crippen LogP contribution in [0.15, 0.2) is 33.3 Å². The Hall–Kier alpha value is -2.10. The van der Waals surface area contributed by atoms with Gasteiger partial charge in [0.2, 0.25) is 11.8 Å². The van der Waals surface area contributed by atoms with E-state index in [0.717, 1.165) is 15.3 Å². The van der Waals surface area contributed by atoms with Crippen LogP contribution in [0.25, 0.3) is 0 Å². The molecule has 1 fully saturated rings. The third kappa shape index (κ3) is 3.10. The molecular formula is C16H15N3O4S2. The predicted octanol–water partition coefficient (Wildman–Crippen LogP) is 1.90. The van der Waals surface area contributed by atoms with Crippen LogP contribution in [-0.2, 0) is 22.7 Å². The monoisotopic (exact) mass is 377 g/mol. The van der Waals surface area contributed by atoms with Crippen molar-refractivity contribution in [1.82, 2.24) is 14.9 Å². The maximum Gasteiger partial charge on any atom is 0.256 e. The molecular weight excluding hydrogens is 362 g/mol. The number of amides is 3. The van der Waals surface area contributed by atoms with E-state index in [-0.39, 0.29) is 24.1 Å². The minimum Gasteiger partial charge on any atom is -0.471 e. The maximum atomic E-state index is 12.6. The molecule has 4 heterocycles. The van der Waals surface area contributed by atoms with Crippen molar-refractivity contribution in [1.29, 1.82) is 0 Å². The summed E-state index contributed by atoms with van der Waals surface area (Å²) in [7, 11) is 0. The number of nitrogens with zero attached hydrogens (tertiary/aromatic N) is 1. The van der Waals surface area contributed by atoms with Gasteiger partial charge in [-0.25, -0.2) is 0 Å². The highest BCUT2D eigenvalue weighted by atomic mass is 32.2. The second-order valence-electron chi connectivity index (χ2n) is 5.83. The standard InChI is InChI=1S/C16H15N3O4S2/c20-14-2-1-12(15(21)18-14)19-6-10-11(16(19)22)8-24-13(10)5-17-25-9-3-4-23-7-9/h3-4,7-8,12,17H,1-2,5-6H2,(H,18,20,21). The van der Waals surface area contributed by atoms with E-state index in [2.05, 4.69) is 10.0 Å². The van der Waals surface area contributed by atoms with Gasteiger partial charge < -0.3 is 9.32 Å². The molecule has 25 heavy (non-hydrogen) atoms. The van der Waals surface area contributed by atoms with Crippen LogP contribution in [0.3, 0.4) is 0 Å². The second-order valence-corrected chi connectivity index (χ2v) is 7.76. The van der Waals surface area contributed by atoms with E-state index >= 15 is 0 Å². The first kappa shape index (κ1) is 16.4. The zero-order valence-electron chi connectivity index (χ0n) is 13.1. The van der Waals surface area contributed by atoms with E-state index in [1.165, 1.54) is 11.9 Å². The highest BCUT2D eigenvalue weighted by Crippen LogP contribution is 2.34. The minimum absolute atomic E-state index is 0.130. The first-order valence-corrected chi connectivity index (χ1v) is 9.49. The molecule has 2 aromatic heterocycles. The summed E-state index contributed by atoms with van der Waals surface area (Å²) in [6, 6.07) is 1.30. The molecule has 9 heteroatoms. The van der Waals surface area contributed by atoms with Crippen LogP contribution >= 0.6 is 23.3 Å². The highest BCUT2D eigenvalue weighted by Gasteiger charge is 2.40. The fourth-order valence-corrected chi connectivity index (χ4v) is 4.72. The van der Waals surface area contributed by atoms with Crippen molar-refractivity contribution >= 4 is 41.0 Å². The Balaban J connectivity index is 1.44. The summed E-state index contributed by atoms with van der Waals surface area (Å²) in [6.45, 7) is 1.03. The number of carbonyl (C=O) groups excluding carboxylic acids is 3. The molecule has 3 amide bonds. The largest absolute Gasteiger partial charge is 0.471 e. The molecule has 2 aromatic rings. The summed E-state index contributed by atoms with van der Waals surface area (Å²) in [5.41, 5.74) is 1.64. The van der Waals surface area contributed by atoms with Crippen LogP contribution < -0.4 is 10.0 Å². The number of fused-ring (bicyclic) bond motifs is 1. The number of thiophene rings is 1. The fourth-order valence-electron chi connectivity index (χ4n) is 3.05. The summed E-state index contributed by atoms with van der Waals surface area (Å²) in [6.07, 6.45) is 3.92. The normalized spacial score (nSPS) is 20.1. The van der Waals surface area contributed by atoms with Gasteiger partial charge in [0.1, 0.15) is 12.3 Å². The van der Waals surface area contributed by atoms with E-state index in [1.807, 2.05) is 11.4 Å². The summed E-state index contributed by atoms with van der Waals surface area (Å²) in [4.78, 5) is 39.6. The third-order valence-electron chi connectivity index (χ3n) is 4.30. The number of furan rings is 1. The quantitative estimate of drug-likeness (QED) is 0.611. The van der Waals surface area contributed by atoms with Crippen LogP contribution in [0.5, 0.6) is 0 Å². The molecule has 2 aliphatic rings. The SMILES string of the molecule is O=C1CCC(N2Cc3c(csc3CNSc3ccoc3)C2=O)C(=O)N1. The molecule has 1 atom stereocenters. The van der Waals surface area contributed by atoms with Crippen molar-refractivity contribution in [2.75, 3.05) is 0 Å². The molecule has 0 bridgehead atoms. The summed E-state index contributed by atoms with van der Waals surface area (Å²) in [5.74, 6) is -0.786. The number of rotatable bonds is 5. The van der Waals surface area contributed by atoms with Gasteiger partial charge in [-0.15, -0.1) is 11.3 Å². The Labute approximate surface area is 151 Å². The number of piperidine rings is 1. The lowest BCUT2D eigenvalue weighted by Crippen LogP contribution is -2.52. The fraction of sp³-hybridized carbons (Fsp3) is 0.312. The van der Waals surface area contributed by atoms with Crippen LogP contribution in [-0.4, -0.2) is 28.7 Å². The first-order chi connectivity index (χ1) is 12.1. The average Bonchev–Trinajstić information content (AvgIpc) is 3.28. The van der Waals surface area contributed by atoms with Gasteiger partial charge in [-0.1, -0.05) is 0 Å². The van der Waals surface area contributed by atoms with Crippen LogP contribution in [0.2, 0.25) is 0 Å². The summed E-state index contributed by atoms with van der Waals surface area (Å²) in [5, 5.41) is 4.17. The maximum absolute atomic E-state index is 12.6. The molecule has 4 rings (SSSR count). The number of carbonyl (C=O) groups is 3. The van der Waals surface area contributed by atoms with E-state index in [1.54, 1.807) is 28.8 Å². The Morgan fingerprint density at radius 2 is 2.28 bits per heavy atom. The lowest BCUT2D eigenvalue weighted by molar-refractivity contribution is -0.136. The predicted molar refractivity (Wildman–Crippen MR) is 91.8 cm³/mol. The Kier molecular flexibility index (Phi) is 4.36. The molecule has 0 spiro atoms. The molecule has 7 nitrogen and oxygen atoms in total. The lowest BCUT2D eigenvalue weighted by Gasteiger charge is -2.29. The van der Waals surface area contributed by atoms with Crippen molar-refractivity contribution < 1.29 is 18.8 Å². The Morgan fingerprint density at radius 3 is 3.04 bits per heavy atom. The summed E-state index contributed by atoms with van der Waals surface area (Å²) < 4.78 is 8.27. The first-order valence-electron chi connectivity index (χ1n) is 7.79. The summed E-state index contributed by atoms with van der Waals surface area (Å²) >= 11 is 3.01. The van der Waals surface area contributed by atoms with Crippen molar-refractivity contribution in [3.8, 4) is 0 Å². The van der Waals surface area contributed by atoms with Crippen LogP contribution in [0.4, 0.5) is 0 Å². The molecule has 2 N–H and O–H groups in total. The molecule has 1 unspecified atom stereocenters. The van der Waals surface area contributed by atoms with Crippen molar-refractivity contribution in [3.63, 3.8) is 0 Å². The molecule has 130 valence electrons. The van der Waals surface area contributed by atoms with Gasteiger partial charge in [-0.05, 0) is 30.0 Å². The van der Waals surface area contributed by atoms with Crippen LogP contribution in [0.1, 0.15) is 33.6 Å². The third-order valence-corrected chi connectivity index (χ3v) is 6.09. The van der Waals surface area contributed by atoms with Gasteiger partial charge in [0.15, 0.2) is 0 Å². The molecule has 0 aliphatic carbocycles. The average molecular weight is 377 g/mol. The van der Waals surface area contributed by atoms with E-state index in [9.17, 15) is 14.4 Å². The zero-order chi connectivity index (χ0) is 17.4. The number of hydrogen-bond acceptors (Lipinski definition) is 7. The van der Waals surface area contributed by atoms with E-state index in [4.69, 9.17) is 4.42 Å². The van der Waals surface area contributed by atoms with E-state index < -0.39 is 6.04 Å². The van der Waals surface area contributed by atoms with Crippen molar-refractivity contribution in [2.24, 2.45) is 0 Å². The number of hydrogen-bond donors (Lipinski definition) is 2. The van der Waals surface area contributed by atoms with Crippen molar-refractivity contribution in [2.45, 2.75) is 36.9 Å². The van der Waals surface area contributed by atoms with Gasteiger partial charge in [0.25, 0.3) is 5.91 Å². The van der Waals surface area contributed by atoms with Crippen molar-refractivity contribution in [3.05, 3.63) is 40.0 Å². The van der Waals surface area contributed by atoms with E-state index in [0.29, 0.717) is 25.1 Å². The second kappa shape index (κ2) is 6.66. The zero-order valence-corrected chi connectivity index (χ0v) is 14.7. The molecule has 0 radical (unpaired) electrons. The van der Waals surface area contributed by atoms with Gasteiger partial charge in [0, 0.05) is 29.8 Å². The molecule has 0 aromatic carbocycles. The highest BCUT2D eigenvalue weighted by molar-refractivity contribution is 7.97. The van der Waals surface area contributed by atoms with Gasteiger partial charge in [0.05, 0.1) is 16.7 Å². The Bertz CT molecular complexity index is 831. The molecule has 1 saturated heterocycles. The minimum atomic E-state index is -0.566. The van der Waals surface area contributed by atoms with Crippen LogP contribution in [0, 0.1) is 0 Å². The van der Waals surface area contributed by atoms with Gasteiger partial charge in [-0.2, -0.15) is 0 Å². The molecule has 2 aliphatic heterocycles. The topological polar surface area (TPSA) is 91.7 Å². The number of imide groups is 1.